The van der Waals surface area contributed by atoms with Gasteiger partial charge >= 0.3 is 0 Å². The third kappa shape index (κ3) is 3.18. The van der Waals surface area contributed by atoms with E-state index in [0.29, 0.717) is 0 Å². The molecule has 0 radical (unpaired) electrons. The van der Waals surface area contributed by atoms with Crippen LogP contribution in [0.5, 0.6) is 0 Å². The van der Waals surface area contributed by atoms with Crippen LogP contribution in [0.15, 0.2) is 59.7 Å². The summed E-state index contributed by atoms with van der Waals surface area (Å²) in [5, 5.41) is 6.34. The van der Waals surface area contributed by atoms with Gasteiger partial charge in [0.05, 0.1) is 0 Å². The number of nitrogens with zero attached hydrogens (tertiary/aromatic N) is 1. The molecule has 0 bridgehead atoms. The van der Waals surface area contributed by atoms with Gasteiger partial charge in [-0.1, -0.05) is 42.5 Å². The number of rotatable bonds is 3. The highest BCUT2D eigenvalue weighted by Gasteiger charge is 1.97. The van der Waals surface area contributed by atoms with Crippen molar-refractivity contribution < 1.29 is 5.10 Å². The Morgan fingerprint density at radius 2 is 1.50 bits per heavy atom. The van der Waals surface area contributed by atoms with Crippen LogP contribution < -0.4 is 16.6 Å². The van der Waals surface area contributed by atoms with Crippen LogP contribution in [-0.4, -0.2) is 12.2 Å². The Bertz CT molecular complexity index is 552. The molecule has 0 aromatic heterocycles. The molecular weight excluding hydrogens is 224 g/mol. The van der Waals surface area contributed by atoms with Crippen LogP contribution in [0.2, 0.25) is 0 Å². The maximum Gasteiger partial charge on any atom is 0.256 e. The average molecular weight is 239 g/mol. The summed E-state index contributed by atoms with van der Waals surface area (Å²) >= 11 is 0. The minimum atomic E-state index is 0.00663. The van der Waals surface area contributed by atoms with Crippen LogP contribution in [0.4, 0.5) is 0 Å². The highest BCUT2D eigenvalue weighted by atomic mass is 15.3. The molecule has 18 heavy (non-hydrogen) atoms. The van der Waals surface area contributed by atoms with Gasteiger partial charge in [0.2, 0.25) is 6.21 Å². The Hall–Kier alpha value is -2.62. The second-order valence-corrected chi connectivity index (χ2v) is 3.80. The summed E-state index contributed by atoms with van der Waals surface area (Å²) in [5.74, 6) is 0.00663. The van der Waals surface area contributed by atoms with Crippen LogP contribution in [0.25, 0.3) is 11.1 Å². The van der Waals surface area contributed by atoms with Crippen molar-refractivity contribution in [2.24, 2.45) is 16.6 Å². The van der Waals surface area contributed by atoms with Gasteiger partial charge in [0, 0.05) is 10.7 Å². The van der Waals surface area contributed by atoms with Crippen molar-refractivity contribution >= 4 is 12.2 Å². The van der Waals surface area contributed by atoms with E-state index >= 15 is 0 Å². The van der Waals surface area contributed by atoms with E-state index in [2.05, 4.69) is 34.5 Å². The molecule has 0 aliphatic carbocycles. The van der Waals surface area contributed by atoms with Crippen LogP contribution >= 0.6 is 0 Å². The SMILES string of the molecule is NC(N)=N[NH+]=Cc1ccc(-c2ccccc2)cc1. The molecule has 5 N–H and O–H groups in total. The first-order valence-corrected chi connectivity index (χ1v) is 5.58. The quantitative estimate of drug-likeness (QED) is 0.402. The Balaban J connectivity index is 2.16. The molecule has 0 aliphatic heterocycles. The van der Waals surface area contributed by atoms with Crippen molar-refractivity contribution in [3.8, 4) is 11.1 Å². The van der Waals surface area contributed by atoms with Gasteiger partial charge in [-0.05, 0) is 23.3 Å². The third-order valence-corrected chi connectivity index (χ3v) is 2.44. The van der Waals surface area contributed by atoms with Crippen molar-refractivity contribution in [1.29, 1.82) is 0 Å². The number of nitrogens with two attached hydrogens (primary N) is 2. The van der Waals surface area contributed by atoms with Gasteiger partial charge in [0.25, 0.3) is 5.96 Å². The van der Waals surface area contributed by atoms with Gasteiger partial charge < -0.3 is 11.5 Å². The van der Waals surface area contributed by atoms with Gasteiger partial charge in [0.1, 0.15) is 0 Å². The first-order chi connectivity index (χ1) is 8.75. The van der Waals surface area contributed by atoms with E-state index in [1.165, 1.54) is 11.1 Å². The number of hydrogen-bond acceptors (Lipinski definition) is 1. The fraction of sp³-hybridized carbons (Fsp3) is 0. The van der Waals surface area contributed by atoms with E-state index in [1.54, 1.807) is 6.21 Å². The van der Waals surface area contributed by atoms with Crippen molar-refractivity contribution in [2.75, 3.05) is 0 Å². The highest BCUT2D eigenvalue weighted by molar-refractivity contribution is 5.78. The number of hydrazone groups is 1. The number of nitrogens with one attached hydrogen (secondary N) is 1. The summed E-state index contributed by atoms with van der Waals surface area (Å²) in [6.07, 6.45) is 1.73. The van der Waals surface area contributed by atoms with Crippen molar-refractivity contribution in [2.45, 2.75) is 0 Å². The normalized spacial score (nSPS) is 10.4. The molecule has 4 nitrogen and oxygen atoms in total. The van der Waals surface area contributed by atoms with Gasteiger partial charge in [-0.15, -0.1) is 5.10 Å². The zero-order valence-electron chi connectivity index (χ0n) is 9.88. The van der Waals surface area contributed by atoms with E-state index in [0.717, 1.165) is 5.56 Å². The predicted molar refractivity (Wildman–Crippen MR) is 73.8 cm³/mol. The summed E-state index contributed by atoms with van der Waals surface area (Å²) < 4.78 is 0. The lowest BCUT2D eigenvalue weighted by Gasteiger charge is -2.00. The van der Waals surface area contributed by atoms with Crippen molar-refractivity contribution in [3.05, 3.63) is 60.2 Å². The molecule has 2 aromatic rings. The van der Waals surface area contributed by atoms with Crippen molar-refractivity contribution in [3.63, 3.8) is 0 Å². The fourth-order valence-corrected chi connectivity index (χ4v) is 1.58. The molecule has 0 saturated heterocycles. The van der Waals surface area contributed by atoms with Crippen LogP contribution in [0.1, 0.15) is 5.56 Å². The number of guanidine groups is 1. The van der Waals surface area contributed by atoms with E-state index in [9.17, 15) is 0 Å². The smallest absolute Gasteiger partial charge is 0.256 e. The maximum absolute atomic E-state index is 5.20. The van der Waals surface area contributed by atoms with E-state index in [4.69, 9.17) is 11.5 Å². The molecule has 0 aliphatic rings. The van der Waals surface area contributed by atoms with E-state index in [-0.39, 0.29) is 5.96 Å². The van der Waals surface area contributed by atoms with Gasteiger partial charge in [-0.2, -0.15) is 0 Å². The largest absolute Gasteiger partial charge is 0.365 e. The Morgan fingerprint density at radius 3 is 2.11 bits per heavy atom. The standard InChI is InChI=1S/C14H14N4/c15-14(16)18-17-10-11-6-8-13(9-7-11)12-4-2-1-3-5-12/h1-10H,(H4,15,16,18)/p+1. The predicted octanol–water partition coefficient (Wildman–Crippen LogP) is 0.0415. The van der Waals surface area contributed by atoms with E-state index < -0.39 is 0 Å². The molecular formula is C14H15N4+. The van der Waals surface area contributed by atoms with Crippen molar-refractivity contribution in [1.82, 2.24) is 0 Å². The Morgan fingerprint density at radius 1 is 0.889 bits per heavy atom. The molecule has 0 unspecified atom stereocenters. The number of hydrogen-bond donors (Lipinski definition) is 3. The third-order valence-electron chi connectivity index (χ3n) is 2.44. The minimum Gasteiger partial charge on any atom is -0.365 e. The first kappa shape index (κ1) is 11.9. The molecule has 90 valence electrons. The highest BCUT2D eigenvalue weighted by Crippen LogP contribution is 2.18. The first-order valence-electron chi connectivity index (χ1n) is 5.58. The van der Waals surface area contributed by atoms with Gasteiger partial charge in [-0.3, -0.25) is 0 Å². The van der Waals surface area contributed by atoms with Crippen LogP contribution in [-0.2, 0) is 0 Å². The minimum absolute atomic E-state index is 0.00663. The lowest BCUT2D eigenvalue weighted by Crippen LogP contribution is -2.63. The summed E-state index contributed by atoms with van der Waals surface area (Å²) in [5.41, 5.74) is 13.8. The van der Waals surface area contributed by atoms with Crippen LogP contribution in [0, 0.1) is 0 Å². The molecule has 2 aromatic carbocycles. The zero-order chi connectivity index (χ0) is 12.8. The second-order valence-electron chi connectivity index (χ2n) is 3.80. The average Bonchev–Trinajstić information content (AvgIpc) is 2.40. The summed E-state index contributed by atoms with van der Waals surface area (Å²) in [4.78, 5) is 0. The monoisotopic (exact) mass is 239 g/mol. The van der Waals surface area contributed by atoms with Gasteiger partial charge in [0.15, 0.2) is 0 Å². The summed E-state index contributed by atoms with van der Waals surface area (Å²) in [7, 11) is 0. The van der Waals surface area contributed by atoms with Gasteiger partial charge in [-0.25, -0.2) is 0 Å². The Kier molecular flexibility index (Phi) is 3.71. The lowest BCUT2D eigenvalue weighted by molar-refractivity contribution is -0.456. The Labute approximate surface area is 106 Å². The second kappa shape index (κ2) is 5.63. The molecule has 0 saturated carbocycles. The molecule has 4 heteroatoms. The number of benzene rings is 2. The van der Waals surface area contributed by atoms with Crippen LogP contribution in [0.3, 0.4) is 0 Å². The molecule has 0 heterocycles. The zero-order valence-corrected chi connectivity index (χ0v) is 9.88. The molecule has 0 spiro atoms. The van der Waals surface area contributed by atoms with E-state index in [1.807, 2.05) is 30.3 Å². The fourth-order valence-electron chi connectivity index (χ4n) is 1.58. The topological polar surface area (TPSA) is 78.4 Å². The molecule has 0 amide bonds. The maximum atomic E-state index is 5.20. The summed E-state index contributed by atoms with van der Waals surface area (Å²) in [6.45, 7) is 0. The molecule has 2 rings (SSSR count). The molecule has 0 fully saturated rings. The lowest BCUT2D eigenvalue weighted by atomic mass is 10.0. The summed E-state index contributed by atoms with van der Waals surface area (Å²) in [6, 6.07) is 18.3. The molecule has 0 atom stereocenters.